The first-order chi connectivity index (χ1) is 12.9. The molecule has 144 valence electrons. The standard InChI is InChI=1S/C18H22N4O4S/c1-13-11-18(19-26-13)20-7-9-21(10-8-20)27(24,25)16-3-4-17-15(12-16)5-6-22(17)14(2)23/h3-4,11-12H,5-10H2,1-2H3. The molecule has 0 aliphatic carbocycles. The van der Waals surface area contributed by atoms with Crippen LogP contribution in [0.1, 0.15) is 18.2 Å². The number of hydrogen-bond acceptors (Lipinski definition) is 6. The van der Waals surface area contributed by atoms with Gasteiger partial charge in [0.25, 0.3) is 0 Å². The lowest BCUT2D eigenvalue weighted by Crippen LogP contribution is -2.48. The normalized spacial score (nSPS) is 18.0. The maximum absolute atomic E-state index is 13.0. The molecule has 1 saturated heterocycles. The number of fused-ring (bicyclic) bond motifs is 1. The number of aryl methyl sites for hydroxylation is 1. The first-order valence-electron chi connectivity index (χ1n) is 8.96. The fourth-order valence-corrected chi connectivity index (χ4v) is 5.15. The lowest BCUT2D eigenvalue weighted by atomic mass is 10.2. The van der Waals surface area contributed by atoms with Crippen molar-refractivity contribution in [3.8, 4) is 0 Å². The maximum Gasteiger partial charge on any atom is 0.243 e. The summed E-state index contributed by atoms with van der Waals surface area (Å²) in [7, 11) is -3.56. The highest BCUT2D eigenvalue weighted by Crippen LogP contribution is 2.31. The van der Waals surface area contributed by atoms with Crippen molar-refractivity contribution in [2.75, 3.05) is 42.5 Å². The molecule has 0 saturated carbocycles. The van der Waals surface area contributed by atoms with Crippen molar-refractivity contribution < 1.29 is 17.7 Å². The van der Waals surface area contributed by atoms with Crippen LogP contribution in [0.5, 0.6) is 0 Å². The van der Waals surface area contributed by atoms with Gasteiger partial charge >= 0.3 is 0 Å². The Balaban J connectivity index is 1.50. The number of aromatic nitrogens is 1. The molecule has 1 aromatic heterocycles. The topological polar surface area (TPSA) is 87.0 Å². The Morgan fingerprint density at radius 2 is 1.85 bits per heavy atom. The van der Waals surface area contributed by atoms with E-state index in [0.29, 0.717) is 39.1 Å². The largest absolute Gasteiger partial charge is 0.360 e. The second kappa shape index (κ2) is 6.65. The summed E-state index contributed by atoms with van der Waals surface area (Å²) in [6.45, 7) is 5.87. The summed E-state index contributed by atoms with van der Waals surface area (Å²) in [6.07, 6.45) is 0.678. The Hall–Kier alpha value is -2.39. The van der Waals surface area contributed by atoms with Crippen molar-refractivity contribution in [3.05, 3.63) is 35.6 Å². The van der Waals surface area contributed by atoms with E-state index in [2.05, 4.69) is 5.16 Å². The Bertz CT molecular complexity index is 977. The van der Waals surface area contributed by atoms with Gasteiger partial charge in [0.2, 0.25) is 15.9 Å². The summed E-state index contributed by atoms with van der Waals surface area (Å²) in [6, 6.07) is 6.90. The number of carbonyl (C=O) groups is 1. The molecule has 2 aliphatic rings. The van der Waals surface area contributed by atoms with Crippen LogP contribution in [0.2, 0.25) is 0 Å². The van der Waals surface area contributed by atoms with Crippen molar-refractivity contribution >= 4 is 27.4 Å². The molecule has 0 unspecified atom stereocenters. The molecule has 1 aromatic carbocycles. The first kappa shape index (κ1) is 18.0. The summed E-state index contributed by atoms with van der Waals surface area (Å²) in [4.78, 5) is 15.7. The average molecular weight is 390 g/mol. The van der Waals surface area contributed by atoms with Gasteiger partial charge in [-0.15, -0.1) is 0 Å². The second-order valence-electron chi connectivity index (χ2n) is 6.90. The predicted molar refractivity (Wildman–Crippen MR) is 100 cm³/mol. The fourth-order valence-electron chi connectivity index (χ4n) is 3.67. The summed E-state index contributed by atoms with van der Waals surface area (Å²) in [5.74, 6) is 1.45. The summed E-state index contributed by atoms with van der Waals surface area (Å²) in [5.41, 5.74) is 1.72. The van der Waals surface area contributed by atoms with Crippen LogP contribution in [0.3, 0.4) is 0 Å². The van der Waals surface area contributed by atoms with Gasteiger partial charge < -0.3 is 14.3 Å². The zero-order chi connectivity index (χ0) is 19.2. The van der Waals surface area contributed by atoms with Gasteiger partial charge in [0.1, 0.15) is 5.76 Å². The van der Waals surface area contributed by atoms with E-state index in [1.54, 1.807) is 23.1 Å². The quantitative estimate of drug-likeness (QED) is 0.787. The van der Waals surface area contributed by atoms with Gasteiger partial charge in [0.05, 0.1) is 4.90 Å². The number of amides is 1. The molecule has 1 amide bonds. The molecule has 3 heterocycles. The van der Waals surface area contributed by atoms with Gasteiger partial charge in [-0.25, -0.2) is 8.42 Å². The predicted octanol–water partition coefficient (Wildman–Crippen LogP) is 1.40. The third-order valence-corrected chi connectivity index (χ3v) is 7.04. The zero-order valence-electron chi connectivity index (χ0n) is 15.4. The fraction of sp³-hybridized carbons (Fsp3) is 0.444. The van der Waals surface area contributed by atoms with Crippen molar-refractivity contribution in [3.63, 3.8) is 0 Å². The summed E-state index contributed by atoms with van der Waals surface area (Å²) in [5, 5.41) is 4.00. The molecule has 0 bridgehead atoms. The minimum absolute atomic E-state index is 0.0245. The van der Waals surface area contributed by atoms with Gasteiger partial charge in [0, 0.05) is 51.4 Å². The van der Waals surface area contributed by atoms with E-state index in [1.165, 1.54) is 11.2 Å². The molecule has 27 heavy (non-hydrogen) atoms. The molecule has 0 radical (unpaired) electrons. The van der Waals surface area contributed by atoms with E-state index in [9.17, 15) is 13.2 Å². The molecule has 0 spiro atoms. The lowest BCUT2D eigenvalue weighted by Gasteiger charge is -2.33. The maximum atomic E-state index is 13.0. The number of carbonyl (C=O) groups excluding carboxylic acids is 1. The highest BCUT2D eigenvalue weighted by atomic mass is 32.2. The van der Waals surface area contributed by atoms with Crippen LogP contribution in [0.25, 0.3) is 0 Å². The molecule has 0 N–H and O–H groups in total. The second-order valence-corrected chi connectivity index (χ2v) is 8.84. The molecule has 8 nitrogen and oxygen atoms in total. The Labute approximate surface area is 158 Å². The Morgan fingerprint density at radius 1 is 1.11 bits per heavy atom. The van der Waals surface area contributed by atoms with E-state index in [1.807, 2.05) is 17.9 Å². The van der Waals surface area contributed by atoms with Crippen LogP contribution < -0.4 is 9.80 Å². The molecule has 1 fully saturated rings. The third-order valence-electron chi connectivity index (χ3n) is 5.14. The van der Waals surface area contributed by atoms with Crippen LogP contribution in [-0.4, -0.2) is 56.5 Å². The van der Waals surface area contributed by atoms with Crippen LogP contribution in [0.15, 0.2) is 33.7 Å². The van der Waals surface area contributed by atoms with Gasteiger partial charge in [0.15, 0.2) is 5.82 Å². The number of rotatable bonds is 3. The minimum Gasteiger partial charge on any atom is -0.360 e. The van der Waals surface area contributed by atoms with E-state index < -0.39 is 10.0 Å². The van der Waals surface area contributed by atoms with E-state index in [0.717, 1.165) is 22.8 Å². The minimum atomic E-state index is -3.56. The van der Waals surface area contributed by atoms with E-state index >= 15 is 0 Å². The average Bonchev–Trinajstić information content (AvgIpc) is 3.27. The van der Waals surface area contributed by atoms with Gasteiger partial charge in [-0.3, -0.25) is 4.79 Å². The Kier molecular flexibility index (Phi) is 4.43. The zero-order valence-corrected chi connectivity index (χ0v) is 16.2. The van der Waals surface area contributed by atoms with Crippen LogP contribution in [0, 0.1) is 6.92 Å². The van der Waals surface area contributed by atoms with Crippen LogP contribution >= 0.6 is 0 Å². The van der Waals surface area contributed by atoms with Crippen molar-refractivity contribution in [2.45, 2.75) is 25.2 Å². The molecular weight excluding hydrogens is 368 g/mol. The molecular formula is C18H22N4O4S. The number of nitrogens with zero attached hydrogens (tertiary/aromatic N) is 4. The summed E-state index contributed by atoms with van der Waals surface area (Å²) < 4.78 is 32.7. The Morgan fingerprint density at radius 3 is 2.48 bits per heavy atom. The number of hydrogen-bond donors (Lipinski definition) is 0. The molecule has 4 rings (SSSR count). The highest BCUT2D eigenvalue weighted by molar-refractivity contribution is 7.89. The SMILES string of the molecule is CC(=O)N1CCc2cc(S(=O)(=O)N3CCN(c4cc(C)on4)CC3)ccc21. The third kappa shape index (κ3) is 3.21. The highest BCUT2D eigenvalue weighted by Gasteiger charge is 2.31. The smallest absolute Gasteiger partial charge is 0.243 e. The van der Waals surface area contributed by atoms with Crippen LogP contribution in [-0.2, 0) is 21.2 Å². The van der Waals surface area contributed by atoms with Crippen molar-refractivity contribution in [1.29, 1.82) is 0 Å². The number of sulfonamides is 1. The van der Waals surface area contributed by atoms with Crippen molar-refractivity contribution in [1.82, 2.24) is 9.46 Å². The number of anilines is 2. The lowest BCUT2D eigenvalue weighted by molar-refractivity contribution is -0.116. The van der Waals surface area contributed by atoms with Gasteiger partial charge in [-0.1, -0.05) is 5.16 Å². The first-order valence-corrected chi connectivity index (χ1v) is 10.4. The van der Waals surface area contributed by atoms with Crippen molar-refractivity contribution in [2.24, 2.45) is 0 Å². The molecule has 9 heteroatoms. The number of piperazine rings is 1. The summed E-state index contributed by atoms with van der Waals surface area (Å²) >= 11 is 0. The van der Waals surface area contributed by atoms with Gasteiger partial charge in [-0.05, 0) is 37.1 Å². The molecule has 2 aliphatic heterocycles. The van der Waals surface area contributed by atoms with E-state index in [4.69, 9.17) is 4.52 Å². The molecule has 0 atom stereocenters. The van der Waals surface area contributed by atoms with Crippen LogP contribution in [0.4, 0.5) is 11.5 Å². The monoisotopic (exact) mass is 390 g/mol. The van der Waals surface area contributed by atoms with E-state index in [-0.39, 0.29) is 10.8 Å². The molecule has 2 aromatic rings. The van der Waals surface area contributed by atoms with Gasteiger partial charge in [-0.2, -0.15) is 4.31 Å². The number of benzene rings is 1.